The van der Waals surface area contributed by atoms with Crippen LogP contribution in [0.2, 0.25) is 0 Å². The lowest BCUT2D eigenvalue weighted by Crippen LogP contribution is -2.46. The van der Waals surface area contributed by atoms with Crippen molar-refractivity contribution >= 4 is 17.2 Å². The molecule has 118 valence electrons. The van der Waals surface area contributed by atoms with Crippen molar-refractivity contribution in [3.8, 4) is 0 Å². The lowest BCUT2D eigenvalue weighted by Gasteiger charge is -2.36. The van der Waals surface area contributed by atoms with Gasteiger partial charge in [0, 0.05) is 31.9 Å². The van der Waals surface area contributed by atoms with Gasteiger partial charge in [0.1, 0.15) is 6.10 Å². The largest absolute Gasteiger partial charge is 0.367 e. The van der Waals surface area contributed by atoms with Crippen molar-refractivity contribution in [2.24, 2.45) is 7.05 Å². The maximum atomic E-state index is 12.5. The Morgan fingerprint density at radius 1 is 1.50 bits per heavy atom. The molecule has 0 N–H and O–H groups in total. The van der Waals surface area contributed by atoms with E-state index in [9.17, 15) is 4.79 Å². The molecular weight excluding hydrogens is 298 g/mol. The summed E-state index contributed by atoms with van der Waals surface area (Å²) in [6.45, 7) is 3.34. The SMILES string of the molecule is C[C@H]1CN(C(=O)CCc2cncn2C)C[C@@H](c2ccsc2)O1. The Bertz CT molecular complexity index is 623. The summed E-state index contributed by atoms with van der Waals surface area (Å²) in [5, 5.41) is 4.15. The van der Waals surface area contributed by atoms with Gasteiger partial charge in [-0.25, -0.2) is 4.98 Å². The van der Waals surface area contributed by atoms with Gasteiger partial charge in [-0.1, -0.05) is 0 Å². The molecule has 2 aromatic heterocycles. The third kappa shape index (κ3) is 3.39. The van der Waals surface area contributed by atoms with Gasteiger partial charge in [-0.3, -0.25) is 4.79 Å². The molecule has 0 spiro atoms. The Kier molecular flexibility index (Phi) is 4.59. The predicted octanol–water partition coefficient (Wildman–Crippen LogP) is 2.40. The van der Waals surface area contributed by atoms with Crippen molar-refractivity contribution in [3.63, 3.8) is 0 Å². The number of amides is 1. The van der Waals surface area contributed by atoms with Gasteiger partial charge in [0.05, 0.1) is 19.0 Å². The van der Waals surface area contributed by atoms with Gasteiger partial charge in [0.15, 0.2) is 0 Å². The van der Waals surface area contributed by atoms with Crippen molar-refractivity contribution in [3.05, 3.63) is 40.6 Å². The minimum absolute atomic E-state index is 0.00402. The van der Waals surface area contributed by atoms with E-state index in [4.69, 9.17) is 4.74 Å². The van der Waals surface area contributed by atoms with Crippen LogP contribution >= 0.6 is 11.3 Å². The van der Waals surface area contributed by atoms with Gasteiger partial charge in [-0.15, -0.1) is 0 Å². The third-order valence-electron chi connectivity index (χ3n) is 4.04. The number of ether oxygens (including phenoxy) is 1. The molecule has 1 aliphatic heterocycles. The van der Waals surface area contributed by atoms with E-state index in [0.29, 0.717) is 19.5 Å². The van der Waals surface area contributed by atoms with Gasteiger partial charge >= 0.3 is 0 Å². The molecule has 1 aliphatic rings. The topological polar surface area (TPSA) is 47.4 Å². The van der Waals surface area contributed by atoms with E-state index >= 15 is 0 Å². The predicted molar refractivity (Wildman–Crippen MR) is 85.7 cm³/mol. The van der Waals surface area contributed by atoms with Gasteiger partial charge in [-0.05, 0) is 35.7 Å². The first-order valence-corrected chi connectivity index (χ1v) is 8.48. The number of aromatic nitrogens is 2. The van der Waals surface area contributed by atoms with Crippen LogP contribution in [-0.2, 0) is 23.0 Å². The number of morpholine rings is 1. The highest BCUT2D eigenvalue weighted by Gasteiger charge is 2.29. The molecule has 1 fully saturated rings. The van der Waals surface area contributed by atoms with Crippen LogP contribution in [0.25, 0.3) is 0 Å². The summed E-state index contributed by atoms with van der Waals surface area (Å²) in [5.74, 6) is 0.191. The van der Waals surface area contributed by atoms with Crippen LogP contribution in [0.1, 0.15) is 30.7 Å². The highest BCUT2D eigenvalue weighted by atomic mass is 32.1. The highest BCUT2D eigenvalue weighted by Crippen LogP contribution is 2.27. The van der Waals surface area contributed by atoms with Gasteiger partial charge in [0.2, 0.25) is 5.91 Å². The number of hydrogen-bond donors (Lipinski definition) is 0. The van der Waals surface area contributed by atoms with Crippen LogP contribution < -0.4 is 0 Å². The van der Waals surface area contributed by atoms with E-state index in [-0.39, 0.29) is 18.1 Å². The van der Waals surface area contributed by atoms with Crippen LogP contribution in [0.5, 0.6) is 0 Å². The fourth-order valence-corrected chi connectivity index (χ4v) is 3.52. The number of aryl methyl sites for hydroxylation is 2. The molecule has 3 heterocycles. The van der Waals surface area contributed by atoms with E-state index in [2.05, 4.69) is 16.4 Å². The monoisotopic (exact) mass is 319 g/mol. The minimum Gasteiger partial charge on any atom is -0.367 e. The van der Waals surface area contributed by atoms with E-state index in [1.54, 1.807) is 17.7 Å². The van der Waals surface area contributed by atoms with Crippen molar-refractivity contribution in [2.45, 2.75) is 32.0 Å². The summed E-state index contributed by atoms with van der Waals surface area (Å²) in [6.07, 6.45) is 4.90. The first-order chi connectivity index (χ1) is 10.6. The molecule has 2 aromatic rings. The van der Waals surface area contributed by atoms with Crippen LogP contribution in [0.15, 0.2) is 29.4 Å². The summed E-state index contributed by atoms with van der Waals surface area (Å²) >= 11 is 1.66. The number of carbonyl (C=O) groups is 1. The smallest absolute Gasteiger partial charge is 0.223 e. The summed E-state index contributed by atoms with van der Waals surface area (Å²) < 4.78 is 7.94. The van der Waals surface area contributed by atoms with Crippen LogP contribution in [0.3, 0.4) is 0 Å². The van der Waals surface area contributed by atoms with Crippen LogP contribution in [0, 0.1) is 0 Å². The number of rotatable bonds is 4. The number of hydrogen-bond acceptors (Lipinski definition) is 4. The van der Waals surface area contributed by atoms with Gasteiger partial charge < -0.3 is 14.2 Å². The normalized spacial score (nSPS) is 22.0. The number of imidazole rings is 1. The number of carbonyl (C=O) groups excluding carboxylic acids is 1. The minimum atomic E-state index is -0.00402. The molecule has 0 radical (unpaired) electrons. The van der Waals surface area contributed by atoms with Crippen molar-refractivity contribution in [1.82, 2.24) is 14.5 Å². The number of thiophene rings is 1. The lowest BCUT2D eigenvalue weighted by molar-refractivity contribution is -0.144. The maximum absolute atomic E-state index is 12.5. The Hall–Kier alpha value is -1.66. The van der Waals surface area contributed by atoms with Gasteiger partial charge in [0.25, 0.3) is 0 Å². The zero-order valence-corrected chi connectivity index (χ0v) is 13.8. The average Bonchev–Trinajstić information content (AvgIpc) is 3.15. The summed E-state index contributed by atoms with van der Waals surface area (Å²) in [6, 6.07) is 2.08. The zero-order valence-electron chi connectivity index (χ0n) is 12.9. The second-order valence-corrected chi connectivity index (χ2v) is 6.57. The first kappa shape index (κ1) is 15.2. The Morgan fingerprint density at radius 2 is 2.36 bits per heavy atom. The second kappa shape index (κ2) is 6.62. The molecule has 2 atom stereocenters. The quantitative estimate of drug-likeness (QED) is 0.869. The molecule has 6 heteroatoms. The molecular formula is C16H21N3O2S. The van der Waals surface area contributed by atoms with Crippen molar-refractivity contribution < 1.29 is 9.53 Å². The molecule has 0 saturated carbocycles. The van der Waals surface area contributed by atoms with E-state index < -0.39 is 0 Å². The van der Waals surface area contributed by atoms with Crippen molar-refractivity contribution in [1.29, 1.82) is 0 Å². The van der Waals surface area contributed by atoms with Gasteiger partial charge in [-0.2, -0.15) is 11.3 Å². The third-order valence-corrected chi connectivity index (χ3v) is 4.74. The first-order valence-electron chi connectivity index (χ1n) is 7.54. The Balaban J connectivity index is 1.60. The average molecular weight is 319 g/mol. The Morgan fingerprint density at radius 3 is 3.05 bits per heavy atom. The Labute approximate surface area is 134 Å². The molecule has 0 bridgehead atoms. The standard InChI is InChI=1S/C16H21N3O2S/c1-12-8-19(9-15(21-12)13-5-6-22-10-13)16(20)4-3-14-7-17-11-18(14)2/h5-7,10-12,15H,3-4,8-9H2,1-2H3/t12-,15-/m0/s1. The lowest BCUT2D eigenvalue weighted by atomic mass is 10.1. The van der Waals surface area contributed by atoms with Crippen LogP contribution in [-0.4, -0.2) is 39.6 Å². The maximum Gasteiger partial charge on any atom is 0.223 e. The van der Waals surface area contributed by atoms with Crippen LogP contribution in [0.4, 0.5) is 0 Å². The fraction of sp³-hybridized carbons (Fsp3) is 0.500. The molecule has 22 heavy (non-hydrogen) atoms. The van der Waals surface area contributed by atoms with E-state index in [0.717, 1.165) is 12.1 Å². The van der Waals surface area contributed by atoms with Crippen molar-refractivity contribution in [2.75, 3.05) is 13.1 Å². The molecule has 3 rings (SSSR count). The zero-order chi connectivity index (χ0) is 15.5. The molecule has 1 saturated heterocycles. The molecule has 5 nitrogen and oxygen atoms in total. The van der Waals surface area contributed by atoms with E-state index in [1.807, 2.05) is 35.0 Å². The molecule has 0 aromatic carbocycles. The molecule has 0 aliphatic carbocycles. The summed E-state index contributed by atoms with van der Waals surface area (Å²) in [5.41, 5.74) is 2.25. The fourth-order valence-electron chi connectivity index (χ4n) is 2.82. The highest BCUT2D eigenvalue weighted by molar-refractivity contribution is 7.07. The molecule has 1 amide bonds. The number of nitrogens with zero attached hydrogens (tertiary/aromatic N) is 3. The summed E-state index contributed by atoms with van der Waals surface area (Å²) in [7, 11) is 1.95. The van der Waals surface area contributed by atoms with E-state index in [1.165, 1.54) is 5.56 Å². The molecule has 0 unspecified atom stereocenters. The second-order valence-electron chi connectivity index (χ2n) is 5.79. The summed E-state index contributed by atoms with van der Waals surface area (Å²) in [4.78, 5) is 18.5.